The van der Waals surface area contributed by atoms with Crippen molar-refractivity contribution in [1.82, 2.24) is 4.90 Å². The van der Waals surface area contributed by atoms with Gasteiger partial charge in [0.2, 0.25) is 0 Å². The number of esters is 1. The van der Waals surface area contributed by atoms with Gasteiger partial charge in [0.1, 0.15) is 6.61 Å². The highest BCUT2D eigenvalue weighted by Crippen LogP contribution is 2.25. The lowest BCUT2D eigenvalue weighted by Crippen LogP contribution is -2.32. The van der Waals surface area contributed by atoms with Crippen LogP contribution in [0.15, 0.2) is 24.3 Å². The number of benzene rings is 1. The van der Waals surface area contributed by atoms with E-state index in [1.165, 1.54) is 7.11 Å². The third-order valence-corrected chi connectivity index (χ3v) is 2.99. The van der Waals surface area contributed by atoms with Crippen LogP contribution in [0.4, 0.5) is 0 Å². The van der Waals surface area contributed by atoms with E-state index in [-0.39, 0.29) is 11.9 Å². The third kappa shape index (κ3) is 5.09. The minimum atomic E-state index is -0.192. The van der Waals surface area contributed by atoms with E-state index in [4.69, 9.17) is 14.2 Å². The van der Waals surface area contributed by atoms with Gasteiger partial charge in [-0.15, -0.1) is 0 Å². The van der Waals surface area contributed by atoms with Gasteiger partial charge in [0.15, 0.2) is 11.5 Å². The Morgan fingerprint density at radius 1 is 1.25 bits per heavy atom. The molecule has 5 nitrogen and oxygen atoms in total. The first-order chi connectivity index (χ1) is 9.58. The van der Waals surface area contributed by atoms with Gasteiger partial charge in [0.25, 0.3) is 0 Å². The topological polar surface area (TPSA) is 48.0 Å². The standard InChI is InChI=1S/C15H23NO4/c1-12(15(17)19-4)11-16(2)9-10-20-14-8-6-5-7-13(14)18-3/h5-8,12H,9-11H2,1-4H3. The second-order valence-corrected chi connectivity index (χ2v) is 4.69. The number of methoxy groups -OCH3 is 2. The molecule has 1 aromatic carbocycles. The molecule has 0 bridgehead atoms. The number of para-hydroxylation sites is 2. The van der Waals surface area contributed by atoms with Crippen molar-refractivity contribution in [3.05, 3.63) is 24.3 Å². The zero-order chi connectivity index (χ0) is 15.0. The largest absolute Gasteiger partial charge is 0.493 e. The second-order valence-electron chi connectivity index (χ2n) is 4.69. The van der Waals surface area contributed by atoms with Crippen molar-refractivity contribution in [3.63, 3.8) is 0 Å². The van der Waals surface area contributed by atoms with Crippen molar-refractivity contribution in [2.24, 2.45) is 5.92 Å². The zero-order valence-electron chi connectivity index (χ0n) is 12.6. The van der Waals surface area contributed by atoms with Crippen LogP contribution in [0.25, 0.3) is 0 Å². The molecular weight excluding hydrogens is 258 g/mol. The van der Waals surface area contributed by atoms with E-state index in [1.54, 1.807) is 7.11 Å². The Hall–Kier alpha value is -1.75. The Morgan fingerprint density at radius 2 is 1.90 bits per heavy atom. The van der Waals surface area contributed by atoms with Crippen LogP contribution in [0, 0.1) is 5.92 Å². The average molecular weight is 281 g/mol. The first-order valence-corrected chi connectivity index (χ1v) is 6.60. The predicted octanol–water partition coefficient (Wildman–Crippen LogP) is 1.81. The fourth-order valence-corrected chi connectivity index (χ4v) is 1.88. The highest BCUT2D eigenvalue weighted by atomic mass is 16.5. The van der Waals surface area contributed by atoms with Crippen molar-refractivity contribution in [2.75, 3.05) is 41.0 Å². The Bertz CT molecular complexity index is 422. The van der Waals surface area contributed by atoms with Crippen LogP contribution in [0.2, 0.25) is 0 Å². The fourth-order valence-electron chi connectivity index (χ4n) is 1.88. The smallest absolute Gasteiger partial charge is 0.309 e. The number of hydrogen-bond donors (Lipinski definition) is 0. The number of ether oxygens (including phenoxy) is 3. The van der Waals surface area contributed by atoms with Crippen LogP contribution in [-0.2, 0) is 9.53 Å². The molecule has 0 saturated carbocycles. The maximum atomic E-state index is 11.3. The molecule has 1 atom stereocenters. The summed E-state index contributed by atoms with van der Waals surface area (Å²) in [6.07, 6.45) is 0. The van der Waals surface area contributed by atoms with Gasteiger partial charge in [-0.05, 0) is 19.2 Å². The maximum Gasteiger partial charge on any atom is 0.309 e. The van der Waals surface area contributed by atoms with Crippen molar-refractivity contribution >= 4 is 5.97 Å². The van der Waals surface area contributed by atoms with Crippen LogP contribution < -0.4 is 9.47 Å². The molecule has 0 radical (unpaired) electrons. The fraction of sp³-hybridized carbons (Fsp3) is 0.533. The van der Waals surface area contributed by atoms with E-state index in [0.717, 1.165) is 18.0 Å². The van der Waals surface area contributed by atoms with Crippen LogP contribution in [0.5, 0.6) is 11.5 Å². The lowest BCUT2D eigenvalue weighted by Gasteiger charge is -2.20. The minimum absolute atomic E-state index is 0.142. The summed E-state index contributed by atoms with van der Waals surface area (Å²) >= 11 is 0. The zero-order valence-corrected chi connectivity index (χ0v) is 12.6. The average Bonchev–Trinajstić information content (AvgIpc) is 2.46. The van der Waals surface area contributed by atoms with Crippen LogP contribution in [0.3, 0.4) is 0 Å². The van der Waals surface area contributed by atoms with Crippen molar-refractivity contribution < 1.29 is 19.0 Å². The predicted molar refractivity (Wildman–Crippen MR) is 77.2 cm³/mol. The normalized spacial score (nSPS) is 12.1. The van der Waals surface area contributed by atoms with Crippen molar-refractivity contribution in [3.8, 4) is 11.5 Å². The van der Waals surface area contributed by atoms with E-state index < -0.39 is 0 Å². The Morgan fingerprint density at radius 3 is 2.50 bits per heavy atom. The Labute approximate surface area is 120 Å². The van der Waals surface area contributed by atoms with Gasteiger partial charge in [0.05, 0.1) is 20.1 Å². The number of likely N-dealkylation sites (N-methyl/N-ethyl adjacent to an activating group) is 1. The van der Waals surface area contributed by atoms with Gasteiger partial charge >= 0.3 is 5.97 Å². The van der Waals surface area contributed by atoms with E-state index in [0.29, 0.717) is 13.2 Å². The summed E-state index contributed by atoms with van der Waals surface area (Å²) in [5.74, 6) is 1.11. The van der Waals surface area contributed by atoms with Crippen LogP contribution in [0.1, 0.15) is 6.92 Å². The van der Waals surface area contributed by atoms with E-state index in [2.05, 4.69) is 0 Å². The van der Waals surface area contributed by atoms with E-state index >= 15 is 0 Å². The summed E-state index contributed by atoms with van der Waals surface area (Å²) in [6.45, 7) is 3.75. The molecule has 0 spiro atoms. The van der Waals surface area contributed by atoms with Gasteiger partial charge in [-0.3, -0.25) is 4.79 Å². The maximum absolute atomic E-state index is 11.3. The summed E-state index contributed by atoms with van der Waals surface area (Å²) in [6, 6.07) is 7.53. The van der Waals surface area contributed by atoms with Gasteiger partial charge in [-0.1, -0.05) is 19.1 Å². The summed E-state index contributed by atoms with van der Waals surface area (Å²) in [5, 5.41) is 0. The first-order valence-electron chi connectivity index (χ1n) is 6.60. The Balaban J connectivity index is 2.35. The van der Waals surface area contributed by atoms with Crippen LogP contribution in [-0.4, -0.2) is 51.8 Å². The molecule has 1 unspecified atom stereocenters. The van der Waals surface area contributed by atoms with Crippen molar-refractivity contribution in [2.45, 2.75) is 6.92 Å². The second kappa shape index (κ2) is 8.43. The van der Waals surface area contributed by atoms with E-state index in [9.17, 15) is 4.79 Å². The minimum Gasteiger partial charge on any atom is -0.493 e. The van der Waals surface area contributed by atoms with Gasteiger partial charge < -0.3 is 19.1 Å². The summed E-state index contributed by atoms with van der Waals surface area (Å²) < 4.78 is 15.6. The highest BCUT2D eigenvalue weighted by molar-refractivity contribution is 5.72. The van der Waals surface area contributed by atoms with Gasteiger partial charge in [0, 0.05) is 13.1 Å². The van der Waals surface area contributed by atoms with Crippen LogP contribution >= 0.6 is 0 Å². The van der Waals surface area contributed by atoms with E-state index in [1.807, 2.05) is 43.1 Å². The highest BCUT2D eigenvalue weighted by Gasteiger charge is 2.15. The molecule has 0 amide bonds. The molecule has 0 heterocycles. The number of rotatable bonds is 8. The number of carbonyl (C=O) groups excluding carboxylic acids is 1. The molecule has 1 rings (SSSR count). The number of nitrogens with zero attached hydrogens (tertiary/aromatic N) is 1. The SMILES string of the molecule is COC(=O)C(C)CN(C)CCOc1ccccc1OC. The van der Waals surface area contributed by atoms with Crippen molar-refractivity contribution in [1.29, 1.82) is 0 Å². The third-order valence-electron chi connectivity index (χ3n) is 2.99. The lowest BCUT2D eigenvalue weighted by molar-refractivity contribution is -0.145. The number of hydrogen-bond acceptors (Lipinski definition) is 5. The molecule has 112 valence electrons. The molecule has 0 aromatic heterocycles. The molecule has 1 aromatic rings. The molecule has 0 fully saturated rings. The molecular formula is C15H23NO4. The molecule has 5 heteroatoms. The number of carbonyl (C=O) groups is 1. The first kappa shape index (κ1) is 16.3. The molecule has 20 heavy (non-hydrogen) atoms. The summed E-state index contributed by atoms with van der Waals surface area (Å²) in [4.78, 5) is 13.4. The molecule has 0 N–H and O–H groups in total. The lowest BCUT2D eigenvalue weighted by atomic mass is 10.2. The summed E-state index contributed by atoms with van der Waals surface area (Å²) in [5.41, 5.74) is 0. The quantitative estimate of drug-likeness (QED) is 0.680. The molecule has 0 aliphatic rings. The Kier molecular flexibility index (Phi) is 6.87. The molecule has 0 saturated heterocycles. The molecule has 0 aliphatic heterocycles. The van der Waals surface area contributed by atoms with Gasteiger partial charge in [-0.2, -0.15) is 0 Å². The summed E-state index contributed by atoms with van der Waals surface area (Å²) in [7, 11) is 4.97. The monoisotopic (exact) mass is 281 g/mol. The molecule has 0 aliphatic carbocycles. The van der Waals surface area contributed by atoms with Gasteiger partial charge in [-0.25, -0.2) is 0 Å².